The van der Waals surface area contributed by atoms with E-state index in [4.69, 9.17) is 8.85 Å². The van der Waals surface area contributed by atoms with E-state index in [0.717, 1.165) is 0 Å². The average molecular weight is 188 g/mol. The summed E-state index contributed by atoms with van der Waals surface area (Å²) in [5.74, 6) is 0.625. The molecule has 0 radical (unpaired) electrons. The third kappa shape index (κ3) is 2.10. The first kappa shape index (κ1) is 5.81. The second-order valence-corrected chi connectivity index (χ2v) is 2.82. The SMILES string of the molecule is [2H]c1nc(Oc2ccccc2)c([2H])c(C)c1[2H]. The number of rotatable bonds is 2. The van der Waals surface area contributed by atoms with E-state index in [1.807, 2.05) is 18.2 Å². The van der Waals surface area contributed by atoms with E-state index in [0.29, 0.717) is 11.3 Å². The molecule has 0 saturated carbocycles. The highest BCUT2D eigenvalue weighted by molar-refractivity contribution is 5.28. The Morgan fingerprint density at radius 2 is 2.07 bits per heavy atom. The van der Waals surface area contributed by atoms with Crippen LogP contribution in [0.5, 0.6) is 11.6 Å². The number of pyridine rings is 1. The molecule has 2 nitrogen and oxygen atoms in total. The van der Waals surface area contributed by atoms with Crippen molar-refractivity contribution in [2.75, 3.05) is 0 Å². The van der Waals surface area contributed by atoms with Crippen molar-refractivity contribution in [2.45, 2.75) is 6.92 Å². The average Bonchev–Trinajstić information content (AvgIpc) is 2.35. The Labute approximate surface area is 87.4 Å². The lowest BCUT2D eigenvalue weighted by molar-refractivity contribution is 0.462. The van der Waals surface area contributed by atoms with Gasteiger partial charge in [0.1, 0.15) is 5.75 Å². The van der Waals surface area contributed by atoms with Crippen molar-refractivity contribution in [3.8, 4) is 11.6 Å². The molecule has 1 aromatic carbocycles. The van der Waals surface area contributed by atoms with E-state index in [9.17, 15) is 0 Å². The summed E-state index contributed by atoms with van der Waals surface area (Å²) in [7, 11) is 0. The van der Waals surface area contributed by atoms with Gasteiger partial charge in [0, 0.05) is 12.2 Å². The van der Waals surface area contributed by atoms with Gasteiger partial charge in [0.25, 0.3) is 0 Å². The largest absolute Gasteiger partial charge is 0.439 e. The second kappa shape index (κ2) is 3.92. The molecule has 0 N–H and O–H groups in total. The summed E-state index contributed by atoms with van der Waals surface area (Å²) in [6, 6.07) is 8.99. The van der Waals surface area contributed by atoms with Crippen molar-refractivity contribution in [3.05, 3.63) is 54.2 Å². The fourth-order valence-electron chi connectivity index (χ4n) is 1.03. The summed E-state index contributed by atoms with van der Waals surface area (Å²) in [6.07, 6.45) is -0.176. The zero-order chi connectivity index (χ0) is 12.4. The molecule has 0 atom stereocenters. The van der Waals surface area contributed by atoms with E-state index < -0.39 is 0 Å². The van der Waals surface area contributed by atoms with Crippen molar-refractivity contribution in [1.82, 2.24) is 4.98 Å². The minimum absolute atomic E-state index is 0.0320. The van der Waals surface area contributed by atoms with Gasteiger partial charge in [0.15, 0.2) is 0 Å². The Morgan fingerprint density at radius 3 is 2.86 bits per heavy atom. The van der Waals surface area contributed by atoms with Crippen LogP contribution in [-0.2, 0) is 0 Å². The molecule has 0 unspecified atom stereocenters. The monoisotopic (exact) mass is 188 g/mol. The van der Waals surface area contributed by atoms with E-state index in [1.54, 1.807) is 19.1 Å². The Bertz CT molecular complexity index is 543. The molecule has 14 heavy (non-hydrogen) atoms. The Hall–Kier alpha value is -1.83. The van der Waals surface area contributed by atoms with Crippen LogP contribution in [0.2, 0.25) is 0 Å². The molecular weight excluding hydrogens is 174 g/mol. The molecule has 0 amide bonds. The van der Waals surface area contributed by atoms with E-state index in [1.165, 1.54) is 0 Å². The first-order chi connectivity index (χ1) is 8.09. The molecule has 0 spiro atoms. The summed E-state index contributed by atoms with van der Waals surface area (Å²) in [5.41, 5.74) is 0.399. The third-order valence-corrected chi connectivity index (χ3v) is 1.65. The molecule has 2 heteroatoms. The highest BCUT2D eigenvalue weighted by Gasteiger charge is 1.96. The lowest BCUT2D eigenvalue weighted by atomic mass is 10.3. The van der Waals surface area contributed by atoms with Crippen LogP contribution >= 0.6 is 0 Å². The van der Waals surface area contributed by atoms with Gasteiger partial charge < -0.3 is 4.74 Å². The van der Waals surface area contributed by atoms with Crippen molar-refractivity contribution in [1.29, 1.82) is 0 Å². The number of ether oxygens (including phenoxy) is 1. The Kier molecular flexibility index (Phi) is 1.63. The highest BCUT2D eigenvalue weighted by atomic mass is 16.5. The van der Waals surface area contributed by atoms with Gasteiger partial charge in [-0.1, -0.05) is 18.2 Å². The summed E-state index contributed by atoms with van der Waals surface area (Å²) in [5, 5.41) is 0. The maximum atomic E-state index is 7.79. The van der Waals surface area contributed by atoms with Gasteiger partial charge in [-0.05, 0) is 30.7 Å². The lowest BCUT2D eigenvalue weighted by Gasteiger charge is -2.03. The Balaban J connectivity index is 2.41. The zero-order valence-electron chi connectivity index (χ0n) is 10.7. The van der Waals surface area contributed by atoms with E-state index >= 15 is 0 Å². The molecule has 1 aromatic heterocycles. The van der Waals surface area contributed by atoms with Crippen LogP contribution in [0.3, 0.4) is 0 Å². The summed E-state index contributed by atoms with van der Waals surface area (Å²) in [6.45, 7) is 1.61. The van der Waals surface area contributed by atoms with Crippen molar-refractivity contribution < 1.29 is 8.85 Å². The van der Waals surface area contributed by atoms with Gasteiger partial charge >= 0.3 is 0 Å². The van der Waals surface area contributed by atoms with Crippen molar-refractivity contribution >= 4 is 0 Å². The first-order valence-corrected chi connectivity index (χ1v) is 4.27. The number of hydrogen-bond donors (Lipinski definition) is 0. The third-order valence-electron chi connectivity index (χ3n) is 1.65. The van der Waals surface area contributed by atoms with Crippen LogP contribution in [0.15, 0.2) is 48.6 Å². The van der Waals surface area contributed by atoms with Gasteiger partial charge in [-0.15, -0.1) is 0 Å². The maximum Gasteiger partial charge on any atom is 0.219 e. The number of benzene rings is 1. The summed E-state index contributed by atoms with van der Waals surface area (Å²) >= 11 is 0. The Morgan fingerprint density at radius 1 is 1.29 bits per heavy atom. The van der Waals surface area contributed by atoms with Crippen LogP contribution in [0, 0.1) is 6.92 Å². The number of para-hydroxylation sites is 1. The van der Waals surface area contributed by atoms with Gasteiger partial charge in [0.2, 0.25) is 5.88 Å². The normalized spacial score (nSPS) is 12.8. The number of aromatic nitrogens is 1. The number of nitrogens with zero attached hydrogens (tertiary/aromatic N) is 1. The molecule has 70 valence electrons. The van der Waals surface area contributed by atoms with Crippen LogP contribution < -0.4 is 4.74 Å². The van der Waals surface area contributed by atoms with Crippen LogP contribution in [0.4, 0.5) is 0 Å². The van der Waals surface area contributed by atoms with Crippen LogP contribution in [-0.4, -0.2) is 4.98 Å². The fourth-order valence-corrected chi connectivity index (χ4v) is 1.03. The zero-order valence-corrected chi connectivity index (χ0v) is 7.74. The molecular formula is C12H11NO. The van der Waals surface area contributed by atoms with E-state index in [-0.39, 0.29) is 24.1 Å². The predicted molar refractivity (Wildman–Crippen MR) is 55.5 cm³/mol. The standard InChI is InChI=1S/C12H11NO/c1-10-7-8-13-12(9-10)14-11-5-3-2-4-6-11/h2-9H,1H3/i7D,8D,9D. The minimum Gasteiger partial charge on any atom is -0.439 e. The quantitative estimate of drug-likeness (QED) is 0.722. The van der Waals surface area contributed by atoms with Crippen molar-refractivity contribution in [2.24, 2.45) is 0 Å². The second-order valence-electron chi connectivity index (χ2n) is 2.82. The molecule has 0 aliphatic rings. The molecule has 0 bridgehead atoms. The predicted octanol–water partition coefficient (Wildman–Crippen LogP) is 3.18. The minimum atomic E-state index is -0.176. The maximum absolute atomic E-state index is 7.79. The van der Waals surface area contributed by atoms with Gasteiger partial charge in [-0.25, -0.2) is 4.98 Å². The lowest BCUT2D eigenvalue weighted by Crippen LogP contribution is -1.87. The molecule has 0 aliphatic carbocycles. The molecule has 2 aromatic rings. The van der Waals surface area contributed by atoms with Gasteiger partial charge in [-0.2, -0.15) is 0 Å². The smallest absolute Gasteiger partial charge is 0.219 e. The highest BCUT2D eigenvalue weighted by Crippen LogP contribution is 2.18. The molecule has 0 saturated heterocycles. The summed E-state index contributed by atoms with van der Waals surface area (Å²) in [4.78, 5) is 3.80. The van der Waals surface area contributed by atoms with E-state index in [2.05, 4.69) is 4.98 Å². The molecule has 0 aliphatic heterocycles. The molecule has 1 heterocycles. The first-order valence-electron chi connectivity index (χ1n) is 5.77. The molecule has 0 fully saturated rings. The fraction of sp³-hybridized carbons (Fsp3) is 0.0833. The van der Waals surface area contributed by atoms with Gasteiger partial charge in [-0.3, -0.25) is 0 Å². The molecule has 2 rings (SSSR count). The van der Waals surface area contributed by atoms with Crippen LogP contribution in [0.25, 0.3) is 0 Å². The van der Waals surface area contributed by atoms with Crippen molar-refractivity contribution in [3.63, 3.8) is 0 Å². The van der Waals surface area contributed by atoms with Crippen LogP contribution in [0.1, 0.15) is 9.68 Å². The van der Waals surface area contributed by atoms with Gasteiger partial charge in [0.05, 0.1) is 4.11 Å². The summed E-state index contributed by atoms with van der Waals surface area (Å²) < 4.78 is 28.3. The number of hydrogen-bond acceptors (Lipinski definition) is 2. The topological polar surface area (TPSA) is 22.1 Å².